The molecule has 1 aliphatic heterocycles. The Kier molecular flexibility index (Phi) is 5.06. The molecule has 1 aliphatic rings. The zero-order valence-corrected chi connectivity index (χ0v) is 14.9. The van der Waals surface area contributed by atoms with Gasteiger partial charge in [-0.2, -0.15) is 4.31 Å². The molecule has 0 bridgehead atoms. The van der Waals surface area contributed by atoms with Crippen LogP contribution in [-0.4, -0.2) is 44.8 Å². The second-order valence-corrected chi connectivity index (χ2v) is 7.87. The maximum absolute atomic E-state index is 12.6. The second-order valence-electron chi connectivity index (χ2n) is 5.93. The van der Waals surface area contributed by atoms with Gasteiger partial charge in [0.1, 0.15) is 0 Å². The number of nitrogens with zero attached hydrogens (tertiary/aromatic N) is 2. The van der Waals surface area contributed by atoms with Crippen LogP contribution in [0.25, 0.3) is 0 Å². The summed E-state index contributed by atoms with van der Waals surface area (Å²) in [6.07, 6.45) is 0. The number of carbonyl (C=O) groups is 1. The van der Waals surface area contributed by atoms with Gasteiger partial charge in [0, 0.05) is 44.5 Å². The van der Waals surface area contributed by atoms with Crippen molar-refractivity contribution in [1.29, 1.82) is 0 Å². The van der Waals surface area contributed by atoms with E-state index >= 15 is 0 Å². The first kappa shape index (κ1) is 17.4. The van der Waals surface area contributed by atoms with Crippen molar-refractivity contribution in [3.8, 4) is 0 Å². The van der Waals surface area contributed by atoms with Gasteiger partial charge in [-0.25, -0.2) is 8.42 Å². The Balaban J connectivity index is 1.65. The highest BCUT2D eigenvalue weighted by molar-refractivity contribution is 7.89. The van der Waals surface area contributed by atoms with Crippen LogP contribution in [-0.2, 0) is 14.8 Å². The van der Waals surface area contributed by atoms with Crippen LogP contribution in [0.3, 0.4) is 0 Å². The summed E-state index contributed by atoms with van der Waals surface area (Å²) in [6.45, 7) is 3.63. The summed E-state index contributed by atoms with van der Waals surface area (Å²) in [5.74, 6) is -0.104. The molecule has 6 nitrogen and oxygen atoms in total. The highest BCUT2D eigenvalue weighted by Crippen LogP contribution is 2.22. The number of nitrogens with one attached hydrogen (secondary N) is 1. The van der Waals surface area contributed by atoms with Crippen molar-refractivity contribution < 1.29 is 13.2 Å². The smallest absolute Gasteiger partial charge is 0.243 e. The Morgan fingerprint density at radius 3 is 2.08 bits per heavy atom. The fourth-order valence-electron chi connectivity index (χ4n) is 2.89. The highest BCUT2D eigenvalue weighted by atomic mass is 32.2. The zero-order chi connectivity index (χ0) is 17.9. The molecule has 132 valence electrons. The normalized spacial score (nSPS) is 15.8. The van der Waals surface area contributed by atoms with Crippen LogP contribution >= 0.6 is 0 Å². The third-order valence-electron chi connectivity index (χ3n) is 4.17. The summed E-state index contributed by atoms with van der Waals surface area (Å²) in [5.41, 5.74) is 1.77. The minimum Gasteiger partial charge on any atom is -0.369 e. The van der Waals surface area contributed by atoms with Crippen molar-refractivity contribution in [2.24, 2.45) is 0 Å². The van der Waals surface area contributed by atoms with E-state index in [1.54, 1.807) is 24.3 Å². The van der Waals surface area contributed by atoms with Gasteiger partial charge in [0.05, 0.1) is 4.90 Å². The molecule has 0 radical (unpaired) electrons. The fraction of sp³-hybridized carbons (Fsp3) is 0.278. The predicted molar refractivity (Wildman–Crippen MR) is 98.2 cm³/mol. The number of piperazine rings is 1. The molecule has 1 saturated heterocycles. The van der Waals surface area contributed by atoms with E-state index in [-0.39, 0.29) is 5.91 Å². The largest absolute Gasteiger partial charge is 0.369 e. The fourth-order valence-corrected chi connectivity index (χ4v) is 4.33. The molecule has 2 aromatic rings. The summed E-state index contributed by atoms with van der Waals surface area (Å²) in [7, 11) is -3.43. The van der Waals surface area contributed by atoms with Crippen LogP contribution in [0.2, 0.25) is 0 Å². The van der Waals surface area contributed by atoms with E-state index < -0.39 is 10.0 Å². The van der Waals surface area contributed by atoms with E-state index in [0.717, 1.165) is 11.4 Å². The Morgan fingerprint density at radius 2 is 1.52 bits per heavy atom. The van der Waals surface area contributed by atoms with Crippen LogP contribution in [0.5, 0.6) is 0 Å². The van der Waals surface area contributed by atoms with Crippen molar-refractivity contribution in [1.82, 2.24) is 4.31 Å². The van der Waals surface area contributed by atoms with Gasteiger partial charge in [-0.3, -0.25) is 4.79 Å². The topological polar surface area (TPSA) is 69.7 Å². The van der Waals surface area contributed by atoms with Gasteiger partial charge < -0.3 is 10.2 Å². The minimum absolute atomic E-state index is 0.104. The maximum Gasteiger partial charge on any atom is 0.243 e. The first-order valence-corrected chi connectivity index (χ1v) is 9.58. The minimum atomic E-state index is -3.43. The molecule has 0 saturated carbocycles. The van der Waals surface area contributed by atoms with Gasteiger partial charge in [0.15, 0.2) is 0 Å². The van der Waals surface area contributed by atoms with Crippen molar-refractivity contribution in [2.45, 2.75) is 11.8 Å². The number of sulfonamides is 1. The molecule has 1 N–H and O–H groups in total. The van der Waals surface area contributed by atoms with Gasteiger partial charge in [-0.1, -0.05) is 18.2 Å². The molecule has 1 fully saturated rings. The lowest BCUT2D eigenvalue weighted by molar-refractivity contribution is -0.114. The van der Waals surface area contributed by atoms with Crippen LogP contribution in [0, 0.1) is 0 Å². The Hall–Kier alpha value is -2.38. The van der Waals surface area contributed by atoms with Gasteiger partial charge in [0.25, 0.3) is 0 Å². The number of hydrogen-bond donors (Lipinski definition) is 1. The molecule has 0 unspecified atom stereocenters. The molecular weight excluding hydrogens is 338 g/mol. The summed E-state index contributed by atoms with van der Waals surface area (Å²) >= 11 is 0. The van der Waals surface area contributed by atoms with E-state index in [4.69, 9.17) is 0 Å². The number of carbonyl (C=O) groups excluding carboxylic acids is 1. The van der Waals surface area contributed by atoms with Crippen molar-refractivity contribution in [2.75, 3.05) is 36.4 Å². The van der Waals surface area contributed by atoms with Crippen LogP contribution < -0.4 is 10.2 Å². The lowest BCUT2D eigenvalue weighted by Gasteiger charge is -2.35. The monoisotopic (exact) mass is 359 g/mol. The molecule has 0 spiro atoms. The van der Waals surface area contributed by atoms with Crippen LogP contribution in [0.1, 0.15) is 6.92 Å². The molecule has 0 aromatic heterocycles. The Bertz CT molecular complexity index is 828. The molecule has 3 rings (SSSR count). The molecule has 7 heteroatoms. The standard InChI is InChI=1S/C18H21N3O3S/c1-15(22)19-16-7-9-17(10-8-16)20-11-13-21(14-12-20)25(23,24)18-5-3-2-4-6-18/h2-10H,11-14H2,1H3,(H,19,22). The summed E-state index contributed by atoms with van der Waals surface area (Å²) in [6, 6.07) is 16.1. The first-order chi connectivity index (χ1) is 12.0. The molecule has 25 heavy (non-hydrogen) atoms. The van der Waals surface area contributed by atoms with Gasteiger partial charge in [-0.05, 0) is 36.4 Å². The second kappa shape index (κ2) is 7.25. The van der Waals surface area contributed by atoms with Crippen LogP contribution in [0.4, 0.5) is 11.4 Å². The number of hydrogen-bond acceptors (Lipinski definition) is 4. The third-order valence-corrected chi connectivity index (χ3v) is 6.09. The summed E-state index contributed by atoms with van der Waals surface area (Å²) in [4.78, 5) is 13.5. The lowest BCUT2D eigenvalue weighted by atomic mass is 10.2. The summed E-state index contributed by atoms with van der Waals surface area (Å²) < 4.78 is 26.8. The number of amides is 1. The molecule has 0 atom stereocenters. The average Bonchev–Trinajstić information content (AvgIpc) is 2.63. The van der Waals surface area contributed by atoms with E-state index in [2.05, 4.69) is 10.2 Å². The lowest BCUT2D eigenvalue weighted by Crippen LogP contribution is -2.48. The maximum atomic E-state index is 12.6. The van der Waals surface area contributed by atoms with Crippen molar-refractivity contribution in [3.05, 3.63) is 54.6 Å². The molecule has 2 aromatic carbocycles. The van der Waals surface area contributed by atoms with E-state index in [1.165, 1.54) is 11.2 Å². The van der Waals surface area contributed by atoms with Crippen molar-refractivity contribution in [3.63, 3.8) is 0 Å². The average molecular weight is 359 g/mol. The SMILES string of the molecule is CC(=O)Nc1ccc(N2CCN(S(=O)(=O)c3ccccc3)CC2)cc1. The predicted octanol–water partition coefficient (Wildman–Crippen LogP) is 2.16. The molecular formula is C18H21N3O3S. The van der Waals surface area contributed by atoms with E-state index in [1.807, 2.05) is 30.3 Å². The van der Waals surface area contributed by atoms with E-state index in [0.29, 0.717) is 31.1 Å². The molecule has 0 aliphatic carbocycles. The Labute approximate surface area is 148 Å². The van der Waals surface area contributed by atoms with Gasteiger partial charge >= 0.3 is 0 Å². The molecule has 1 heterocycles. The highest BCUT2D eigenvalue weighted by Gasteiger charge is 2.28. The van der Waals surface area contributed by atoms with Gasteiger partial charge in [0.2, 0.25) is 15.9 Å². The van der Waals surface area contributed by atoms with Crippen molar-refractivity contribution >= 4 is 27.3 Å². The number of anilines is 2. The quantitative estimate of drug-likeness (QED) is 0.908. The summed E-state index contributed by atoms with van der Waals surface area (Å²) in [5, 5.41) is 2.74. The zero-order valence-electron chi connectivity index (χ0n) is 14.1. The third kappa shape index (κ3) is 4.00. The van der Waals surface area contributed by atoms with E-state index in [9.17, 15) is 13.2 Å². The number of rotatable bonds is 4. The van der Waals surface area contributed by atoms with Crippen LogP contribution in [0.15, 0.2) is 59.5 Å². The Morgan fingerprint density at radius 1 is 0.920 bits per heavy atom. The van der Waals surface area contributed by atoms with Gasteiger partial charge in [-0.15, -0.1) is 0 Å². The number of benzene rings is 2. The first-order valence-electron chi connectivity index (χ1n) is 8.14. The molecule has 1 amide bonds.